The second kappa shape index (κ2) is 11.3. The molecule has 1 saturated heterocycles. The van der Waals surface area contributed by atoms with Gasteiger partial charge in [-0.05, 0) is 35.1 Å². The number of unbranched alkanes of at least 4 members (excludes halogenated alkanes) is 1. The maximum absolute atomic E-state index is 11.5. The van der Waals surface area contributed by atoms with Crippen molar-refractivity contribution in [1.29, 1.82) is 0 Å². The normalized spacial score (nSPS) is 17.2. The van der Waals surface area contributed by atoms with Crippen molar-refractivity contribution < 1.29 is 9.84 Å². The van der Waals surface area contributed by atoms with Crippen LogP contribution in [0.4, 0.5) is 0 Å². The third-order valence-electron chi connectivity index (χ3n) is 6.85. The molecule has 1 heterocycles. The number of nitrogens with zero attached hydrogens (tertiary/aromatic N) is 2. The molecule has 0 radical (unpaired) electrons. The van der Waals surface area contributed by atoms with Crippen LogP contribution in [0, 0.1) is 0 Å². The molecule has 1 fully saturated rings. The summed E-state index contributed by atoms with van der Waals surface area (Å²) < 4.78 is 5.35. The largest absolute Gasteiger partial charge is 0.495 e. The van der Waals surface area contributed by atoms with Gasteiger partial charge in [0.25, 0.3) is 0 Å². The third-order valence-corrected chi connectivity index (χ3v) is 7.24. The van der Waals surface area contributed by atoms with Crippen molar-refractivity contribution in [1.82, 2.24) is 9.80 Å². The van der Waals surface area contributed by atoms with Gasteiger partial charge in [-0.15, -0.1) is 0 Å². The monoisotopic (exact) mass is 466 g/mol. The van der Waals surface area contributed by atoms with Crippen LogP contribution >= 0.6 is 11.6 Å². The summed E-state index contributed by atoms with van der Waals surface area (Å²) in [6, 6.07) is 20.8. The number of methoxy groups -OCH3 is 1. The molecule has 4 nitrogen and oxygen atoms in total. The second-order valence-corrected chi connectivity index (χ2v) is 9.39. The van der Waals surface area contributed by atoms with E-state index >= 15 is 0 Å². The molecule has 0 aromatic heterocycles. The molecular weight excluding hydrogens is 432 g/mol. The van der Waals surface area contributed by atoms with Crippen LogP contribution < -0.4 is 4.74 Å². The minimum absolute atomic E-state index is 0.120. The lowest BCUT2D eigenvalue weighted by molar-refractivity contribution is 0.0113. The Morgan fingerprint density at radius 3 is 2.45 bits per heavy atom. The van der Waals surface area contributed by atoms with Crippen molar-refractivity contribution in [2.45, 2.75) is 44.9 Å². The number of hydrogen-bond acceptors (Lipinski definition) is 4. The predicted octanol–water partition coefficient (Wildman–Crippen LogP) is 5.91. The maximum Gasteiger partial charge on any atom is 0.138 e. The van der Waals surface area contributed by atoms with Crippen LogP contribution in [0.15, 0.2) is 60.7 Å². The molecule has 2 atom stereocenters. The highest BCUT2D eigenvalue weighted by molar-refractivity contribution is 6.37. The van der Waals surface area contributed by atoms with Gasteiger partial charge in [0.15, 0.2) is 0 Å². The maximum atomic E-state index is 11.5. The average molecular weight is 467 g/mol. The number of rotatable bonds is 9. The van der Waals surface area contributed by atoms with Crippen molar-refractivity contribution in [3.8, 4) is 5.75 Å². The Kier molecular flexibility index (Phi) is 8.26. The number of hydrogen-bond donors (Lipinski definition) is 1. The first kappa shape index (κ1) is 24.0. The van der Waals surface area contributed by atoms with Crippen LogP contribution in [0.3, 0.4) is 0 Å². The quantitative estimate of drug-likeness (QED) is 0.425. The Morgan fingerprint density at radius 2 is 1.76 bits per heavy atom. The van der Waals surface area contributed by atoms with E-state index in [4.69, 9.17) is 16.3 Å². The highest BCUT2D eigenvalue weighted by Crippen LogP contribution is 2.35. The minimum atomic E-state index is -0.525. The molecule has 1 unspecified atom stereocenters. The summed E-state index contributed by atoms with van der Waals surface area (Å²) in [4.78, 5) is 5.01. The Hall–Kier alpha value is -2.11. The van der Waals surface area contributed by atoms with Crippen molar-refractivity contribution in [3.05, 3.63) is 76.8 Å². The number of fused-ring (bicyclic) bond motifs is 1. The zero-order valence-corrected chi connectivity index (χ0v) is 20.5. The van der Waals surface area contributed by atoms with Gasteiger partial charge in [0.2, 0.25) is 0 Å². The summed E-state index contributed by atoms with van der Waals surface area (Å²) in [5.41, 5.74) is 2.32. The number of piperazine rings is 1. The first-order valence-corrected chi connectivity index (χ1v) is 12.4. The van der Waals surface area contributed by atoms with Gasteiger partial charge < -0.3 is 9.84 Å². The number of ether oxygens (including phenoxy) is 1. The van der Waals surface area contributed by atoms with Crippen LogP contribution in [0.5, 0.6) is 5.75 Å². The fourth-order valence-electron chi connectivity index (χ4n) is 4.90. The zero-order chi connectivity index (χ0) is 23.2. The standard InChI is InChI=1S/C28H35ClN2O2/c1-3-4-10-25(31-17-15-30(16-18-31)20-21-8-6-5-7-9-21)28(32)23-11-13-24-22(19-23)12-14-26(33-2)27(24)29/h5-9,11-14,19,25,28,32H,3-4,10,15-18,20H2,1-2H3/t25-,28?/m0/s1. The Balaban J connectivity index is 1.47. The van der Waals surface area contributed by atoms with Crippen LogP contribution in [0.1, 0.15) is 43.4 Å². The predicted molar refractivity (Wildman–Crippen MR) is 137 cm³/mol. The van der Waals surface area contributed by atoms with Gasteiger partial charge >= 0.3 is 0 Å². The van der Waals surface area contributed by atoms with Gasteiger partial charge in [-0.3, -0.25) is 9.80 Å². The highest BCUT2D eigenvalue weighted by atomic mass is 35.5. The number of aliphatic hydroxyl groups excluding tert-OH is 1. The van der Waals surface area contributed by atoms with E-state index in [1.54, 1.807) is 7.11 Å². The topological polar surface area (TPSA) is 35.9 Å². The molecule has 5 heteroatoms. The Bertz CT molecular complexity index is 1030. The summed E-state index contributed by atoms with van der Waals surface area (Å²) >= 11 is 6.50. The lowest BCUT2D eigenvalue weighted by Gasteiger charge is -2.41. The Morgan fingerprint density at radius 1 is 1.00 bits per heavy atom. The van der Waals surface area contributed by atoms with Crippen molar-refractivity contribution in [2.75, 3.05) is 33.3 Å². The number of halogens is 1. The summed E-state index contributed by atoms with van der Waals surface area (Å²) in [5, 5.41) is 14.1. The molecule has 0 bridgehead atoms. The molecule has 3 aromatic carbocycles. The minimum Gasteiger partial charge on any atom is -0.495 e. The van der Waals surface area contributed by atoms with Gasteiger partial charge in [0.05, 0.1) is 18.2 Å². The molecule has 33 heavy (non-hydrogen) atoms. The molecule has 4 rings (SSSR count). The van der Waals surface area contributed by atoms with E-state index in [-0.39, 0.29) is 6.04 Å². The fraction of sp³-hybridized carbons (Fsp3) is 0.429. The van der Waals surface area contributed by atoms with Gasteiger partial charge in [-0.1, -0.05) is 79.9 Å². The molecular formula is C28H35ClN2O2. The third kappa shape index (κ3) is 5.70. The van der Waals surface area contributed by atoms with E-state index in [0.29, 0.717) is 10.8 Å². The summed E-state index contributed by atoms with van der Waals surface area (Å²) in [6.07, 6.45) is 2.72. The van der Waals surface area contributed by atoms with Gasteiger partial charge in [0, 0.05) is 44.2 Å². The van der Waals surface area contributed by atoms with E-state index in [2.05, 4.69) is 53.1 Å². The molecule has 0 aliphatic carbocycles. The molecule has 1 aliphatic heterocycles. The van der Waals surface area contributed by atoms with Crippen LogP contribution in [0.2, 0.25) is 5.02 Å². The van der Waals surface area contributed by atoms with E-state index in [0.717, 1.165) is 68.3 Å². The molecule has 1 N–H and O–H groups in total. The number of aliphatic hydroxyl groups is 1. The molecule has 1 aliphatic rings. The van der Waals surface area contributed by atoms with Crippen molar-refractivity contribution >= 4 is 22.4 Å². The fourth-order valence-corrected chi connectivity index (χ4v) is 5.21. The van der Waals surface area contributed by atoms with Crippen molar-refractivity contribution in [2.24, 2.45) is 0 Å². The zero-order valence-electron chi connectivity index (χ0n) is 19.7. The Labute approximate surface area is 202 Å². The number of benzene rings is 3. The molecule has 0 amide bonds. The first-order valence-electron chi connectivity index (χ1n) is 12.0. The smallest absolute Gasteiger partial charge is 0.138 e. The summed E-state index contributed by atoms with van der Waals surface area (Å²) in [5.74, 6) is 0.673. The lowest BCUT2D eigenvalue weighted by atomic mass is 9.94. The average Bonchev–Trinajstić information content (AvgIpc) is 2.86. The van der Waals surface area contributed by atoms with Crippen molar-refractivity contribution in [3.63, 3.8) is 0 Å². The van der Waals surface area contributed by atoms with Gasteiger partial charge in [-0.25, -0.2) is 0 Å². The van der Waals surface area contributed by atoms with Crippen LogP contribution in [-0.2, 0) is 6.54 Å². The van der Waals surface area contributed by atoms with E-state index in [1.807, 2.05) is 24.3 Å². The molecule has 0 spiro atoms. The van der Waals surface area contributed by atoms with Gasteiger partial charge in [-0.2, -0.15) is 0 Å². The SMILES string of the molecule is CCCC[C@@H](C(O)c1ccc2c(Cl)c(OC)ccc2c1)N1CCN(Cc2ccccc2)CC1. The first-order chi connectivity index (χ1) is 16.1. The molecule has 176 valence electrons. The second-order valence-electron chi connectivity index (χ2n) is 9.01. The summed E-state index contributed by atoms with van der Waals surface area (Å²) in [6.45, 7) is 7.22. The van der Waals surface area contributed by atoms with E-state index in [1.165, 1.54) is 5.56 Å². The molecule has 3 aromatic rings. The van der Waals surface area contributed by atoms with Gasteiger partial charge in [0.1, 0.15) is 5.75 Å². The van der Waals surface area contributed by atoms with Crippen LogP contribution in [0.25, 0.3) is 10.8 Å². The highest BCUT2D eigenvalue weighted by Gasteiger charge is 2.30. The van der Waals surface area contributed by atoms with E-state index in [9.17, 15) is 5.11 Å². The molecule has 0 saturated carbocycles. The lowest BCUT2D eigenvalue weighted by Crippen LogP contribution is -2.51. The van der Waals surface area contributed by atoms with Crippen LogP contribution in [-0.4, -0.2) is 54.2 Å². The van der Waals surface area contributed by atoms with E-state index < -0.39 is 6.10 Å². The summed E-state index contributed by atoms with van der Waals surface area (Å²) in [7, 11) is 1.63.